The SMILES string of the molecule is CC(C)CNC(=O)Cn1cc([N+](=O)[O-])cn1. The maximum Gasteiger partial charge on any atom is 0.307 e. The lowest BCUT2D eigenvalue weighted by Gasteiger charge is -2.06. The number of nitro groups is 1. The zero-order valence-electron chi connectivity index (χ0n) is 9.21. The van der Waals surface area contributed by atoms with Crippen LogP contribution in [0.25, 0.3) is 0 Å². The van der Waals surface area contributed by atoms with Gasteiger partial charge in [-0.3, -0.25) is 19.6 Å². The highest BCUT2D eigenvalue weighted by molar-refractivity contribution is 5.75. The number of rotatable bonds is 5. The van der Waals surface area contributed by atoms with Crippen LogP contribution in [0.5, 0.6) is 0 Å². The van der Waals surface area contributed by atoms with Gasteiger partial charge in [-0.25, -0.2) is 0 Å². The van der Waals surface area contributed by atoms with Gasteiger partial charge in [-0.15, -0.1) is 0 Å². The van der Waals surface area contributed by atoms with Crippen molar-refractivity contribution in [2.24, 2.45) is 5.92 Å². The molecule has 1 rings (SSSR count). The second-order valence-corrected chi connectivity index (χ2v) is 3.85. The first kappa shape index (κ1) is 12.2. The third kappa shape index (κ3) is 3.68. The van der Waals surface area contributed by atoms with Gasteiger partial charge in [0.2, 0.25) is 5.91 Å². The Labute approximate surface area is 92.6 Å². The molecule has 7 nitrogen and oxygen atoms in total. The van der Waals surface area contributed by atoms with Crippen LogP contribution in [0.3, 0.4) is 0 Å². The maximum absolute atomic E-state index is 11.4. The molecule has 0 atom stereocenters. The molecule has 0 bridgehead atoms. The summed E-state index contributed by atoms with van der Waals surface area (Å²) in [5, 5.41) is 16.8. The van der Waals surface area contributed by atoms with Gasteiger partial charge in [0, 0.05) is 6.54 Å². The topological polar surface area (TPSA) is 90.1 Å². The van der Waals surface area contributed by atoms with E-state index in [2.05, 4.69) is 10.4 Å². The molecule has 0 fully saturated rings. The quantitative estimate of drug-likeness (QED) is 0.586. The molecule has 1 aromatic heterocycles. The minimum absolute atomic E-state index is 0.000556. The van der Waals surface area contributed by atoms with Gasteiger partial charge in [-0.05, 0) is 5.92 Å². The summed E-state index contributed by atoms with van der Waals surface area (Å²) >= 11 is 0. The van der Waals surface area contributed by atoms with Crippen molar-refractivity contribution in [3.8, 4) is 0 Å². The lowest BCUT2D eigenvalue weighted by molar-refractivity contribution is -0.385. The fourth-order valence-corrected chi connectivity index (χ4v) is 1.05. The minimum Gasteiger partial charge on any atom is -0.354 e. The smallest absolute Gasteiger partial charge is 0.307 e. The van der Waals surface area contributed by atoms with E-state index < -0.39 is 4.92 Å². The first-order chi connectivity index (χ1) is 7.49. The molecule has 88 valence electrons. The van der Waals surface area contributed by atoms with E-state index in [-0.39, 0.29) is 18.1 Å². The summed E-state index contributed by atoms with van der Waals surface area (Å²) < 4.78 is 1.24. The van der Waals surface area contributed by atoms with Crippen molar-refractivity contribution in [3.05, 3.63) is 22.5 Å². The fraction of sp³-hybridized carbons (Fsp3) is 0.556. The van der Waals surface area contributed by atoms with Crippen LogP contribution in [0.4, 0.5) is 5.69 Å². The van der Waals surface area contributed by atoms with Gasteiger partial charge in [0.25, 0.3) is 0 Å². The van der Waals surface area contributed by atoms with Crippen LogP contribution < -0.4 is 5.32 Å². The van der Waals surface area contributed by atoms with Gasteiger partial charge in [-0.2, -0.15) is 5.10 Å². The minimum atomic E-state index is -0.546. The van der Waals surface area contributed by atoms with Crippen molar-refractivity contribution in [3.63, 3.8) is 0 Å². The van der Waals surface area contributed by atoms with Crippen molar-refractivity contribution < 1.29 is 9.72 Å². The van der Waals surface area contributed by atoms with E-state index in [1.807, 2.05) is 13.8 Å². The van der Waals surface area contributed by atoms with E-state index in [1.54, 1.807) is 0 Å². The molecule has 0 aliphatic carbocycles. The first-order valence-corrected chi connectivity index (χ1v) is 4.92. The Balaban J connectivity index is 2.46. The summed E-state index contributed by atoms with van der Waals surface area (Å²) in [6, 6.07) is 0. The number of carbonyl (C=O) groups excluding carboxylic acids is 1. The number of nitrogens with zero attached hydrogens (tertiary/aromatic N) is 3. The number of aromatic nitrogens is 2. The lowest BCUT2D eigenvalue weighted by atomic mass is 10.2. The second kappa shape index (κ2) is 5.24. The van der Waals surface area contributed by atoms with Crippen LogP contribution in [0.1, 0.15) is 13.8 Å². The number of carbonyl (C=O) groups is 1. The molecular weight excluding hydrogens is 212 g/mol. The van der Waals surface area contributed by atoms with E-state index in [1.165, 1.54) is 10.9 Å². The van der Waals surface area contributed by atoms with Crippen LogP contribution in [0.15, 0.2) is 12.4 Å². The Bertz CT molecular complexity index is 386. The predicted octanol–water partition coefficient (Wildman–Crippen LogP) is 0.563. The van der Waals surface area contributed by atoms with Crippen molar-refractivity contribution in [2.75, 3.05) is 6.54 Å². The summed E-state index contributed by atoms with van der Waals surface area (Å²) in [5.74, 6) is 0.169. The first-order valence-electron chi connectivity index (χ1n) is 4.92. The standard InChI is InChI=1S/C9H14N4O3/c1-7(2)3-10-9(14)6-12-5-8(4-11-12)13(15)16/h4-5,7H,3,6H2,1-2H3,(H,10,14). The zero-order chi connectivity index (χ0) is 12.1. The van der Waals surface area contributed by atoms with Gasteiger partial charge < -0.3 is 5.32 Å². The fourth-order valence-electron chi connectivity index (χ4n) is 1.05. The highest BCUT2D eigenvalue weighted by Crippen LogP contribution is 2.07. The van der Waals surface area contributed by atoms with E-state index in [0.29, 0.717) is 12.5 Å². The number of hydrogen-bond donors (Lipinski definition) is 1. The molecule has 0 aliphatic rings. The molecular formula is C9H14N4O3. The summed E-state index contributed by atoms with van der Waals surface area (Å²) in [6.07, 6.45) is 2.35. The Morgan fingerprint density at radius 3 is 2.88 bits per heavy atom. The van der Waals surface area contributed by atoms with Crippen LogP contribution in [-0.2, 0) is 11.3 Å². The Kier molecular flexibility index (Phi) is 3.98. The van der Waals surface area contributed by atoms with Crippen LogP contribution in [0, 0.1) is 16.0 Å². The monoisotopic (exact) mass is 226 g/mol. The molecule has 16 heavy (non-hydrogen) atoms. The molecule has 0 unspecified atom stereocenters. The summed E-state index contributed by atoms with van der Waals surface area (Å²) in [6.45, 7) is 4.56. The third-order valence-electron chi connectivity index (χ3n) is 1.84. The second-order valence-electron chi connectivity index (χ2n) is 3.85. The molecule has 0 saturated heterocycles. The van der Waals surface area contributed by atoms with Gasteiger partial charge in [-0.1, -0.05) is 13.8 Å². The van der Waals surface area contributed by atoms with Gasteiger partial charge >= 0.3 is 5.69 Å². The number of nitrogens with one attached hydrogen (secondary N) is 1. The van der Waals surface area contributed by atoms with Gasteiger partial charge in [0.1, 0.15) is 18.9 Å². The molecule has 7 heteroatoms. The highest BCUT2D eigenvalue weighted by atomic mass is 16.6. The van der Waals surface area contributed by atoms with Crippen molar-refractivity contribution >= 4 is 11.6 Å². The van der Waals surface area contributed by atoms with Crippen LogP contribution >= 0.6 is 0 Å². The van der Waals surface area contributed by atoms with Crippen molar-refractivity contribution in [2.45, 2.75) is 20.4 Å². The van der Waals surface area contributed by atoms with Crippen molar-refractivity contribution in [1.82, 2.24) is 15.1 Å². The average molecular weight is 226 g/mol. The summed E-state index contributed by atoms with van der Waals surface area (Å²) in [4.78, 5) is 21.2. The van der Waals surface area contributed by atoms with Crippen LogP contribution in [0.2, 0.25) is 0 Å². The molecule has 0 saturated carbocycles. The molecule has 0 aliphatic heterocycles. The van der Waals surface area contributed by atoms with E-state index in [0.717, 1.165) is 6.20 Å². The van der Waals surface area contributed by atoms with E-state index in [9.17, 15) is 14.9 Å². The van der Waals surface area contributed by atoms with Gasteiger partial charge in [0.05, 0.1) is 4.92 Å². The summed E-state index contributed by atoms with van der Waals surface area (Å²) in [7, 11) is 0. The van der Waals surface area contributed by atoms with Gasteiger partial charge in [0.15, 0.2) is 0 Å². The lowest BCUT2D eigenvalue weighted by Crippen LogP contribution is -2.30. The van der Waals surface area contributed by atoms with E-state index in [4.69, 9.17) is 0 Å². The number of hydrogen-bond acceptors (Lipinski definition) is 4. The molecule has 0 radical (unpaired) electrons. The summed E-state index contributed by atoms with van der Waals surface area (Å²) in [5.41, 5.74) is -0.114. The zero-order valence-corrected chi connectivity index (χ0v) is 9.21. The molecule has 0 aromatic carbocycles. The Morgan fingerprint density at radius 1 is 1.69 bits per heavy atom. The molecule has 1 heterocycles. The largest absolute Gasteiger partial charge is 0.354 e. The predicted molar refractivity (Wildman–Crippen MR) is 56.7 cm³/mol. The normalized spacial score (nSPS) is 10.4. The molecule has 1 amide bonds. The highest BCUT2D eigenvalue weighted by Gasteiger charge is 2.10. The van der Waals surface area contributed by atoms with Crippen LogP contribution in [-0.4, -0.2) is 27.2 Å². The average Bonchev–Trinajstić information content (AvgIpc) is 2.63. The molecule has 0 spiro atoms. The Hall–Kier alpha value is -1.92. The Morgan fingerprint density at radius 2 is 2.38 bits per heavy atom. The maximum atomic E-state index is 11.4. The molecule has 1 aromatic rings. The number of amides is 1. The van der Waals surface area contributed by atoms with E-state index >= 15 is 0 Å². The molecule has 1 N–H and O–H groups in total. The third-order valence-corrected chi connectivity index (χ3v) is 1.84. The van der Waals surface area contributed by atoms with Crippen molar-refractivity contribution in [1.29, 1.82) is 0 Å².